The molecule has 0 aromatic rings. The Labute approximate surface area is 73.2 Å². The van der Waals surface area contributed by atoms with Gasteiger partial charge >= 0.3 is 6.18 Å². The smallest absolute Gasteiger partial charge is 0.239 e. The molecule has 0 spiro atoms. The molecule has 0 N–H and O–H groups in total. The molecule has 0 fully saturated rings. The predicted octanol–water partition coefficient (Wildman–Crippen LogP) is 3.34. The number of alkyl halides is 7. The van der Waals surface area contributed by atoms with E-state index in [2.05, 4.69) is 0 Å². The van der Waals surface area contributed by atoms with Crippen LogP contribution in [0.3, 0.4) is 0 Å². The van der Waals surface area contributed by atoms with Crippen molar-refractivity contribution < 1.29 is 35.1 Å². The summed E-state index contributed by atoms with van der Waals surface area (Å²) in [5.74, 6) is -2.94. The monoisotopic (exact) mass is 228 g/mol. The average Bonchev–Trinajstić information content (AvgIpc) is 2.00. The third-order valence-corrected chi connectivity index (χ3v) is 1.12. The van der Waals surface area contributed by atoms with Crippen LogP contribution in [0.25, 0.3) is 0 Å². The van der Waals surface area contributed by atoms with E-state index in [9.17, 15) is 35.1 Å². The molecule has 0 amide bonds. The van der Waals surface area contributed by atoms with Gasteiger partial charge in [-0.05, 0) is 6.08 Å². The molecule has 0 aromatic carbocycles. The lowest BCUT2D eigenvalue weighted by Crippen LogP contribution is -2.24. The van der Waals surface area contributed by atoms with Crippen LogP contribution in [0.2, 0.25) is 0 Å². The van der Waals surface area contributed by atoms with Gasteiger partial charge in [0, 0.05) is 0 Å². The van der Waals surface area contributed by atoms with Crippen molar-refractivity contribution in [1.82, 2.24) is 0 Å². The maximum absolute atomic E-state index is 12.2. The van der Waals surface area contributed by atoms with E-state index in [0.29, 0.717) is 0 Å². The summed E-state index contributed by atoms with van der Waals surface area (Å²) in [6, 6.07) is 0. The van der Waals surface area contributed by atoms with Gasteiger partial charge in [0.1, 0.15) is 0 Å². The standard InChI is InChI=1S/C6H4F8/c7-2(4(9)5(10)11)1-3(8)6(12,13)14/h1-2,4-5H. The SMILES string of the molecule is FC(=CC(F)C(F)C(F)F)C(F)(F)F. The van der Waals surface area contributed by atoms with Gasteiger partial charge in [-0.1, -0.05) is 0 Å². The van der Waals surface area contributed by atoms with Crippen molar-refractivity contribution in [2.24, 2.45) is 0 Å². The van der Waals surface area contributed by atoms with Crippen LogP contribution < -0.4 is 0 Å². The van der Waals surface area contributed by atoms with Crippen LogP contribution in [-0.4, -0.2) is 24.9 Å². The highest BCUT2D eigenvalue weighted by atomic mass is 19.4. The zero-order valence-corrected chi connectivity index (χ0v) is 6.33. The molecule has 2 unspecified atom stereocenters. The summed E-state index contributed by atoms with van der Waals surface area (Å²) in [5, 5.41) is 0. The van der Waals surface area contributed by atoms with Crippen molar-refractivity contribution in [3.05, 3.63) is 11.9 Å². The van der Waals surface area contributed by atoms with Crippen LogP contribution in [-0.2, 0) is 0 Å². The molecule has 84 valence electrons. The van der Waals surface area contributed by atoms with Crippen molar-refractivity contribution >= 4 is 0 Å². The second kappa shape index (κ2) is 4.61. The first-order valence-electron chi connectivity index (χ1n) is 3.17. The van der Waals surface area contributed by atoms with Gasteiger partial charge in [-0.25, -0.2) is 22.0 Å². The zero-order valence-electron chi connectivity index (χ0n) is 6.33. The summed E-state index contributed by atoms with van der Waals surface area (Å²) in [5.41, 5.74) is 0. The molecule has 0 bridgehead atoms. The lowest BCUT2D eigenvalue weighted by atomic mass is 10.2. The van der Waals surface area contributed by atoms with Crippen LogP contribution in [0.5, 0.6) is 0 Å². The Morgan fingerprint density at radius 3 is 1.71 bits per heavy atom. The molecule has 0 rings (SSSR count). The molecular formula is C6H4F8. The zero-order chi connectivity index (χ0) is 11.5. The van der Waals surface area contributed by atoms with E-state index >= 15 is 0 Å². The van der Waals surface area contributed by atoms with Crippen molar-refractivity contribution in [3.8, 4) is 0 Å². The van der Waals surface area contributed by atoms with Gasteiger partial charge in [0.25, 0.3) is 6.43 Å². The van der Waals surface area contributed by atoms with E-state index < -0.39 is 36.8 Å². The second-order valence-corrected chi connectivity index (χ2v) is 2.24. The van der Waals surface area contributed by atoms with Crippen LogP contribution in [0, 0.1) is 0 Å². The summed E-state index contributed by atoms with van der Waals surface area (Å²) in [6.07, 6.45) is -17.0. The largest absolute Gasteiger partial charge is 0.442 e. The van der Waals surface area contributed by atoms with Gasteiger partial charge in [0.2, 0.25) is 5.83 Å². The molecule has 8 heteroatoms. The average molecular weight is 228 g/mol. The topological polar surface area (TPSA) is 0 Å². The van der Waals surface area contributed by atoms with E-state index in [1.165, 1.54) is 0 Å². The summed E-state index contributed by atoms with van der Waals surface area (Å²) >= 11 is 0. The Bertz CT molecular complexity index is 204. The highest BCUT2D eigenvalue weighted by Crippen LogP contribution is 2.28. The van der Waals surface area contributed by atoms with Crippen molar-refractivity contribution in [2.75, 3.05) is 0 Å². The number of allylic oxidation sites excluding steroid dienone is 2. The molecule has 2 atom stereocenters. The lowest BCUT2D eigenvalue weighted by molar-refractivity contribution is -0.110. The summed E-state index contributed by atoms with van der Waals surface area (Å²) in [6.45, 7) is 0. The van der Waals surface area contributed by atoms with Crippen LogP contribution in [0.1, 0.15) is 0 Å². The maximum Gasteiger partial charge on any atom is 0.442 e. The third-order valence-electron chi connectivity index (χ3n) is 1.12. The molecule has 14 heavy (non-hydrogen) atoms. The highest BCUT2D eigenvalue weighted by Gasteiger charge is 2.37. The fourth-order valence-electron chi connectivity index (χ4n) is 0.465. The molecule has 0 aromatic heterocycles. The minimum absolute atomic E-state index is 0.864. The molecule has 0 nitrogen and oxygen atoms in total. The van der Waals surface area contributed by atoms with E-state index in [0.717, 1.165) is 0 Å². The van der Waals surface area contributed by atoms with Crippen LogP contribution in [0.4, 0.5) is 35.1 Å². The van der Waals surface area contributed by atoms with Gasteiger partial charge in [-0.3, -0.25) is 0 Å². The minimum atomic E-state index is -5.49. The first-order valence-corrected chi connectivity index (χ1v) is 3.17. The van der Waals surface area contributed by atoms with Gasteiger partial charge in [-0.2, -0.15) is 13.2 Å². The lowest BCUT2D eigenvalue weighted by Gasteiger charge is -2.09. The van der Waals surface area contributed by atoms with Crippen LogP contribution >= 0.6 is 0 Å². The number of hydrogen-bond acceptors (Lipinski definition) is 0. The van der Waals surface area contributed by atoms with E-state index in [1.54, 1.807) is 0 Å². The molecule has 0 radical (unpaired) electrons. The molecule has 0 aliphatic heterocycles. The van der Waals surface area contributed by atoms with Gasteiger partial charge in [0.15, 0.2) is 12.3 Å². The van der Waals surface area contributed by atoms with Crippen molar-refractivity contribution in [2.45, 2.75) is 24.9 Å². The van der Waals surface area contributed by atoms with Gasteiger partial charge in [-0.15, -0.1) is 0 Å². The number of hydrogen-bond donors (Lipinski definition) is 0. The quantitative estimate of drug-likeness (QED) is 0.650. The summed E-state index contributed by atoms with van der Waals surface area (Å²) in [7, 11) is 0. The summed E-state index contributed by atoms with van der Waals surface area (Å²) in [4.78, 5) is 0. The molecular weight excluding hydrogens is 224 g/mol. The van der Waals surface area contributed by atoms with E-state index in [1.807, 2.05) is 0 Å². The van der Waals surface area contributed by atoms with E-state index in [-0.39, 0.29) is 0 Å². The third kappa shape index (κ3) is 3.93. The fraction of sp³-hybridized carbons (Fsp3) is 0.667. The number of rotatable bonds is 3. The Morgan fingerprint density at radius 2 is 1.43 bits per heavy atom. The molecule has 0 heterocycles. The van der Waals surface area contributed by atoms with Crippen molar-refractivity contribution in [3.63, 3.8) is 0 Å². The minimum Gasteiger partial charge on any atom is -0.239 e. The van der Waals surface area contributed by atoms with Crippen LogP contribution in [0.15, 0.2) is 11.9 Å². The predicted molar refractivity (Wildman–Crippen MR) is 31.0 cm³/mol. The fourth-order valence-corrected chi connectivity index (χ4v) is 0.465. The highest BCUT2D eigenvalue weighted by molar-refractivity contribution is 5.04. The van der Waals surface area contributed by atoms with Gasteiger partial charge < -0.3 is 0 Å². The molecule has 0 aliphatic rings. The van der Waals surface area contributed by atoms with Gasteiger partial charge in [0.05, 0.1) is 0 Å². The molecule has 0 saturated heterocycles. The Hall–Kier alpha value is -0.820. The Morgan fingerprint density at radius 1 is 1.00 bits per heavy atom. The summed E-state index contributed by atoms with van der Waals surface area (Å²) < 4.78 is 92.8. The normalized spacial score (nSPS) is 18.5. The first-order chi connectivity index (χ1) is 6.16. The van der Waals surface area contributed by atoms with Crippen molar-refractivity contribution in [1.29, 1.82) is 0 Å². The maximum atomic E-state index is 12.2. The first kappa shape index (κ1) is 13.2. The molecule has 0 aliphatic carbocycles. The van der Waals surface area contributed by atoms with E-state index in [4.69, 9.17) is 0 Å². The Balaban J connectivity index is 4.51. The second-order valence-electron chi connectivity index (χ2n) is 2.24. The Kier molecular flexibility index (Phi) is 4.34. The number of halogens is 8. The molecule has 0 saturated carbocycles.